The molecule has 184 valence electrons. The second-order valence-electron chi connectivity index (χ2n) is 8.38. The van der Waals surface area contributed by atoms with Gasteiger partial charge in [-0.15, -0.1) is 0 Å². The van der Waals surface area contributed by atoms with Crippen LogP contribution in [0.3, 0.4) is 0 Å². The minimum absolute atomic E-state index is 0.485. The molecule has 3 N–H and O–H groups in total. The molecule has 0 bridgehead atoms. The van der Waals surface area contributed by atoms with Gasteiger partial charge in [0.25, 0.3) is 0 Å². The van der Waals surface area contributed by atoms with E-state index in [2.05, 4.69) is 25.4 Å². The van der Waals surface area contributed by atoms with Crippen LogP contribution in [0.5, 0.6) is 0 Å². The van der Waals surface area contributed by atoms with Crippen molar-refractivity contribution in [1.29, 1.82) is 0 Å². The third kappa shape index (κ3) is 4.48. The largest absolute Gasteiger partial charge is 0.404 e. The summed E-state index contributed by atoms with van der Waals surface area (Å²) in [5, 5.41) is 12.5. The van der Waals surface area contributed by atoms with E-state index < -0.39 is 0 Å². The fourth-order valence-corrected chi connectivity index (χ4v) is 4.34. The summed E-state index contributed by atoms with van der Waals surface area (Å²) < 4.78 is 8.84. The van der Waals surface area contributed by atoms with Crippen molar-refractivity contribution in [2.45, 2.75) is 19.4 Å². The monoisotopic (exact) mass is 484 g/mol. The van der Waals surface area contributed by atoms with Gasteiger partial charge in [0.15, 0.2) is 5.82 Å². The maximum atomic E-state index is 5.75. The average Bonchev–Trinajstić information content (AvgIpc) is 3.49. The van der Waals surface area contributed by atoms with E-state index in [1.807, 2.05) is 53.2 Å². The van der Waals surface area contributed by atoms with Crippen LogP contribution in [0, 0.1) is 0 Å². The lowest BCUT2D eigenvalue weighted by molar-refractivity contribution is 0.183. The summed E-state index contributed by atoms with van der Waals surface area (Å²) in [7, 11) is 5.32. The lowest BCUT2D eigenvalue weighted by Gasteiger charge is -2.16. The zero-order valence-electron chi connectivity index (χ0n) is 20.5. The number of rotatable bonds is 8. The van der Waals surface area contributed by atoms with Crippen molar-refractivity contribution in [2.75, 3.05) is 26.1 Å². The number of nitrogens with two attached hydrogens (primary N) is 1. The third-order valence-corrected chi connectivity index (χ3v) is 6.04. The minimum atomic E-state index is 0.485. The number of nitrogens with one attached hydrogen (secondary N) is 1. The quantitative estimate of drug-likeness (QED) is 0.365. The van der Waals surface area contributed by atoms with E-state index in [9.17, 15) is 0 Å². The van der Waals surface area contributed by atoms with Gasteiger partial charge >= 0.3 is 0 Å². The van der Waals surface area contributed by atoms with Gasteiger partial charge in [0.05, 0.1) is 35.9 Å². The molecule has 36 heavy (non-hydrogen) atoms. The summed E-state index contributed by atoms with van der Waals surface area (Å²) in [5.41, 5.74) is 13.1. The van der Waals surface area contributed by atoms with Crippen molar-refractivity contribution in [3.63, 3.8) is 0 Å². The Kier molecular flexibility index (Phi) is 6.54. The highest BCUT2D eigenvalue weighted by atomic mass is 16.5. The second kappa shape index (κ2) is 10.1. The van der Waals surface area contributed by atoms with E-state index >= 15 is 0 Å². The van der Waals surface area contributed by atoms with Gasteiger partial charge in [-0.05, 0) is 30.5 Å². The van der Waals surface area contributed by atoms with Crippen molar-refractivity contribution in [2.24, 2.45) is 17.8 Å². The van der Waals surface area contributed by atoms with E-state index in [1.54, 1.807) is 20.4 Å². The molecule has 0 fully saturated rings. The van der Waals surface area contributed by atoms with E-state index in [4.69, 9.17) is 20.6 Å². The number of anilines is 2. The molecule has 4 aromatic rings. The Labute approximate surface area is 208 Å². The van der Waals surface area contributed by atoms with Crippen LogP contribution in [0.4, 0.5) is 11.8 Å². The Morgan fingerprint density at radius 1 is 1.19 bits per heavy atom. The topological polar surface area (TPSA) is 134 Å². The Balaban J connectivity index is 1.49. The van der Waals surface area contributed by atoms with Crippen LogP contribution in [-0.2, 0) is 31.2 Å². The molecule has 0 radical (unpaired) electrons. The third-order valence-electron chi connectivity index (χ3n) is 6.04. The van der Waals surface area contributed by atoms with Crippen molar-refractivity contribution < 1.29 is 4.74 Å². The highest BCUT2D eigenvalue weighted by Gasteiger charge is 2.27. The predicted octanol–water partition coefficient (Wildman–Crippen LogP) is 2.62. The summed E-state index contributed by atoms with van der Waals surface area (Å²) in [6.07, 6.45) is 10.5. The van der Waals surface area contributed by atoms with Crippen LogP contribution in [0.25, 0.3) is 28.1 Å². The van der Waals surface area contributed by atoms with Gasteiger partial charge in [0, 0.05) is 75.0 Å². The smallest absolute Gasteiger partial charge is 0.228 e. The van der Waals surface area contributed by atoms with Gasteiger partial charge in [0.2, 0.25) is 5.95 Å². The summed E-state index contributed by atoms with van der Waals surface area (Å²) in [6.45, 7) is 1.27. The Bertz CT molecular complexity index is 1430. The van der Waals surface area contributed by atoms with Gasteiger partial charge in [-0.25, -0.2) is 9.97 Å². The zero-order valence-corrected chi connectivity index (χ0v) is 20.5. The lowest BCUT2D eigenvalue weighted by atomic mass is 9.92. The van der Waals surface area contributed by atoms with Crippen LogP contribution in [0.1, 0.15) is 17.0 Å². The first-order valence-electron chi connectivity index (χ1n) is 11.6. The molecule has 11 nitrogen and oxygen atoms in total. The minimum Gasteiger partial charge on any atom is -0.404 e. The number of hydrogen-bond acceptors (Lipinski definition) is 9. The summed E-state index contributed by atoms with van der Waals surface area (Å²) >= 11 is 0. The predicted molar refractivity (Wildman–Crippen MR) is 139 cm³/mol. The zero-order chi connectivity index (χ0) is 25.1. The number of aliphatic imine (C=N–C) groups is 1. The van der Waals surface area contributed by atoms with E-state index in [1.165, 1.54) is 6.20 Å². The lowest BCUT2D eigenvalue weighted by Crippen LogP contribution is -2.09. The average molecular weight is 485 g/mol. The molecule has 1 aliphatic rings. The fourth-order valence-electron chi connectivity index (χ4n) is 4.34. The molecular formula is C25H28N10O. The first kappa shape index (κ1) is 23.4. The molecule has 5 rings (SSSR count). The van der Waals surface area contributed by atoms with E-state index in [0.29, 0.717) is 24.9 Å². The van der Waals surface area contributed by atoms with E-state index in [-0.39, 0.29) is 0 Å². The summed E-state index contributed by atoms with van der Waals surface area (Å²) in [6, 6.07) is 5.85. The van der Waals surface area contributed by atoms with Gasteiger partial charge < -0.3 is 15.8 Å². The van der Waals surface area contributed by atoms with Crippen LogP contribution in [0.2, 0.25) is 0 Å². The molecule has 0 spiro atoms. The molecule has 0 saturated carbocycles. The van der Waals surface area contributed by atoms with Gasteiger partial charge in [0.1, 0.15) is 0 Å². The number of hydrogen-bond donors (Lipinski definition) is 2. The van der Waals surface area contributed by atoms with Crippen molar-refractivity contribution in [1.82, 2.24) is 34.5 Å². The van der Waals surface area contributed by atoms with Crippen molar-refractivity contribution >= 4 is 23.6 Å². The standard InChI is InChI=1S/C25H28N10O/c1-27-13-18(12-26)19-6-5-17(15-28-19)24-22-20(32-34(24)2)7-4-16-14-29-25(31-23(16)22)30-21-8-9-35(33-21)10-11-36-3/h5-6,8-9,12-15H,4,7,10-11,26H2,1-3H3,(H,29,30,31,33). The Hall–Kier alpha value is -4.38. The molecule has 0 aliphatic heterocycles. The van der Waals surface area contributed by atoms with E-state index in [0.717, 1.165) is 57.9 Å². The maximum Gasteiger partial charge on any atom is 0.228 e. The number of nitrogens with zero attached hydrogens (tertiary/aromatic N) is 8. The molecule has 4 heterocycles. The number of methoxy groups -OCH3 is 1. The fraction of sp³-hybridized carbons (Fsp3) is 0.280. The SMILES string of the molecule is CN=CC(=CN)c1ccc(-c2c3c(nn2C)CCc2cnc(Nc4ccn(CCOC)n4)nc2-3)cn1. The van der Waals surface area contributed by atoms with Gasteiger partial charge in [-0.1, -0.05) is 0 Å². The number of pyridine rings is 1. The van der Waals surface area contributed by atoms with Gasteiger partial charge in [-0.2, -0.15) is 10.2 Å². The van der Waals surface area contributed by atoms with Crippen LogP contribution in [-0.4, -0.2) is 61.5 Å². The normalized spacial score (nSPS) is 13.1. The molecule has 0 atom stereocenters. The first-order valence-corrected chi connectivity index (χ1v) is 11.6. The maximum absolute atomic E-state index is 5.75. The second-order valence-corrected chi connectivity index (χ2v) is 8.38. The number of ether oxygens (including phenoxy) is 1. The van der Waals surface area contributed by atoms with Crippen LogP contribution < -0.4 is 11.1 Å². The summed E-state index contributed by atoms with van der Waals surface area (Å²) in [5.74, 6) is 1.16. The molecule has 0 aromatic carbocycles. The number of aryl methyl sites for hydroxylation is 3. The van der Waals surface area contributed by atoms with Crippen molar-refractivity contribution in [3.05, 3.63) is 59.9 Å². The molecule has 0 amide bonds. The molecular weight excluding hydrogens is 456 g/mol. The number of aromatic nitrogens is 7. The molecule has 1 aliphatic carbocycles. The molecule has 0 unspecified atom stereocenters. The van der Waals surface area contributed by atoms with Crippen molar-refractivity contribution in [3.8, 4) is 22.5 Å². The van der Waals surface area contributed by atoms with Gasteiger partial charge in [-0.3, -0.25) is 19.3 Å². The van der Waals surface area contributed by atoms with Crippen LogP contribution in [0.15, 0.2) is 48.0 Å². The Morgan fingerprint density at radius 3 is 2.83 bits per heavy atom. The highest BCUT2D eigenvalue weighted by molar-refractivity contribution is 6.08. The highest BCUT2D eigenvalue weighted by Crippen LogP contribution is 2.39. The molecule has 0 saturated heterocycles. The van der Waals surface area contributed by atoms with Crippen LogP contribution >= 0.6 is 0 Å². The first-order chi connectivity index (χ1) is 17.6. The molecule has 4 aromatic heterocycles. The number of fused-ring (bicyclic) bond motifs is 3. The molecule has 11 heteroatoms. The summed E-state index contributed by atoms with van der Waals surface area (Å²) in [4.78, 5) is 18.1. The Morgan fingerprint density at radius 2 is 2.08 bits per heavy atom. The number of allylic oxidation sites excluding steroid dienone is 1.